The Morgan fingerprint density at radius 3 is 1.46 bits per heavy atom. The van der Waals surface area contributed by atoms with Crippen LogP contribution in [0.4, 0.5) is 0 Å². The summed E-state index contributed by atoms with van der Waals surface area (Å²) in [5, 5.41) is 4.88. The molecule has 2 heteroatoms. The van der Waals surface area contributed by atoms with Crippen molar-refractivity contribution in [3.8, 4) is 0 Å². The molecule has 0 spiro atoms. The van der Waals surface area contributed by atoms with Crippen molar-refractivity contribution in [1.82, 2.24) is 0 Å². The van der Waals surface area contributed by atoms with Crippen molar-refractivity contribution < 1.29 is 0 Å². The normalized spacial score (nSPS) is 26.5. The van der Waals surface area contributed by atoms with Gasteiger partial charge in [-0.15, -0.1) is 0 Å². The van der Waals surface area contributed by atoms with Gasteiger partial charge in [0.15, 0.2) is 0 Å². The first-order valence-electron chi connectivity index (χ1n) is 9.63. The second kappa shape index (κ2) is 6.92. The molecule has 3 atom stereocenters. The molecule has 0 nitrogen and oxygen atoms in total. The van der Waals surface area contributed by atoms with Crippen LogP contribution in [-0.2, 0) is 0 Å². The zero-order chi connectivity index (χ0) is 17.4. The van der Waals surface area contributed by atoms with Gasteiger partial charge in [0.05, 0.1) is 30.2 Å². The largest absolute Gasteiger partial charge is 0.0992 e. The molecule has 3 aromatic carbocycles. The van der Waals surface area contributed by atoms with Crippen LogP contribution in [0.25, 0.3) is 0 Å². The average Bonchev–Trinajstić information content (AvgIpc) is 3.27. The molecule has 0 aromatic heterocycles. The van der Waals surface area contributed by atoms with Gasteiger partial charge in [-0.1, -0.05) is 74.7 Å². The Kier molecular flexibility index (Phi) is 4.44. The highest BCUT2D eigenvalue weighted by molar-refractivity contribution is 7.89. The van der Waals surface area contributed by atoms with E-state index in [1.165, 1.54) is 24.6 Å². The molecule has 26 heavy (non-hydrogen) atoms. The molecule has 2 heterocycles. The molecule has 130 valence electrons. The second-order valence-electron chi connectivity index (χ2n) is 7.76. The summed E-state index contributed by atoms with van der Waals surface area (Å²) in [5.41, 5.74) is 0. The highest BCUT2D eigenvalue weighted by Gasteiger charge is 2.57. The van der Waals surface area contributed by atoms with Crippen molar-refractivity contribution >= 4 is 31.1 Å². The molecule has 0 bridgehead atoms. The molecule has 0 amide bonds. The third-order valence-corrected chi connectivity index (χ3v) is 13.9. The van der Waals surface area contributed by atoms with Crippen LogP contribution in [0, 0.1) is 11.8 Å². The van der Waals surface area contributed by atoms with Crippen molar-refractivity contribution in [3.63, 3.8) is 0 Å². The third-order valence-electron chi connectivity index (χ3n) is 6.29. The Hall–Kier alpha value is -1.48. The lowest BCUT2D eigenvalue weighted by molar-refractivity contribution is 0.533. The van der Waals surface area contributed by atoms with Crippen LogP contribution in [0.3, 0.4) is 0 Å². The summed E-state index contributed by atoms with van der Waals surface area (Å²) in [4.78, 5) is 0. The van der Waals surface area contributed by atoms with Crippen LogP contribution in [0.2, 0.25) is 0 Å². The van der Waals surface area contributed by atoms with Crippen LogP contribution < -0.4 is 15.9 Å². The van der Waals surface area contributed by atoms with Crippen molar-refractivity contribution in [1.29, 1.82) is 0 Å². The summed E-state index contributed by atoms with van der Waals surface area (Å²) in [7, 11) is -1.17. The fourth-order valence-corrected chi connectivity index (χ4v) is 13.9. The summed E-state index contributed by atoms with van der Waals surface area (Å²) < 4.78 is 0. The van der Waals surface area contributed by atoms with Gasteiger partial charge in [-0.2, -0.15) is 0 Å². The minimum absolute atomic E-state index is 0.0651. The number of hydrogen-bond donors (Lipinski definition) is 0. The SMILES string of the molecule is c1ccc(P2C[C@@H]3C[P+](c4ccccc4)(c4ccccc4)C[C@@H]3C2)cc1. The predicted octanol–water partition coefficient (Wildman–Crippen LogP) is 4.72. The number of benzene rings is 3. The van der Waals surface area contributed by atoms with E-state index in [4.69, 9.17) is 0 Å². The van der Waals surface area contributed by atoms with E-state index >= 15 is 0 Å². The van der Waals surface area contributed by atoms with E-state index in [0.717, 1.165) is 11.8 Å². The standard InChI is InChI=1S/C24H25P2/c1-4-10-22(11-5-1)25-16-20-18-26(19-21(20)17-25,23-12-6-2-7-13-23)24-14-8-3-9-15-24/h1-15,20-21H,16-19H2/q+1/t20-,21+,25?. The molecule has 1 unspecified atom stereocenters. The Balaban J connectivity index is 1.48. The van der Waals surface area contributed by atoms with Crippen LogP contribution in [-0.4, -0.2) is 24.6 Å². The fraction of sp³-hybridized carbons (Fsp3) is 0.250. The second-order valence-corrected chi connectivity index (χ2v) is 13.8. The molecule has 3 aromatic rings. The van der Waals surface area contributed by atoms with Crippen molar-refractivity contribution in [2.45, 2.75) is 0 Å². The zero-order valence-corrected chi connectivity index (χ0v) is 16.8. The van der Waals surface area contributed by atoms with Crippen LogP contribution in [0.15, 0.2) is 91.0 Å². The molecule has 2 aliphatic heterocycles. The van der Waals surface area contributed by atoms with E-state index in [2.05, 4.69) is 91.0 Å². The molecular formula is C24H25P2+. The zero-order valence-electron chi connectivity index (χ0n) is 15.0. The Labute approximate surface area is 158 Å². The lowest BCUT2D eigenvalue weighted by Gasteiger charge is -2.25. The average molecular weight is 375 g/mol. The van der Waals surface area contributed by atoms with Gasteiger partial charge in [0, 0.05) is 11.8 Å². The van der Waals surface area contributed by atoms with Crippen molar-refractivity contribution in [2.24, 2.45) is 11.8 Å². The van der Waals surface area contributed by atoms with Gasteiger partial charge in [-0.05, 0) is 41.9 Å². The van der Waals surface area contributed by atoms with E-state index in [0.29, 0.717) is 0 Å². The summed E-state index contributed by atoms with van der Waals surface area (Å²) >= 11 is 0. The molecule has 0 N–H and O–H groups in total. The number of fused-ring (bicyclic) bond motifs is 1. The summed E-state index contributed by atoms with van der Waals surface area (Å²) in [6.45, 7) is 0. The van der Waals surface area contributed by atoms with Gasteiger partial charge in [-0.3, -0.25) is 0 Å². The lowest BCUT2D eigenvalue weighted by Crippen LogP contribution is -2.25. The molecule has 2 saturated heterocycles. The third kappa shape index (κ3) is 2.85. The maximum absolute atomic E-state index is 2.40. The number of rotatable bonds is 3. The highest BCUT2D eigenvalue weighted by Crippen LogP contribution is 2.69. The molecule has 2 fully saturated rings. The highest BCUT2D eigenvalue weighted by atomic mass is 31.2. The van der Waals surface area contributed by atoms with Crippen LogP contribution in [0.5, 0.6) is 0 Å². The van der Waals surface area contributed by atoms with E-state index in [-0.39, 0.29) is 7.92 Å². The molecule has 2 aliphatic rings. The lowest BCUT2D eigenvalue weighted by atomic mass is 10.0. The van der Waals surface area contributed by atoms with Crippen LogP contribution in [0.1, 0.15) is 0 Å². The van der Waals surface area contributed by atoms with Crippen molar-refractivity contribution in [3.05, 3.63) is 91.0 Å². The fourth-order valence-electron chi connectivity index (χ4n) is 5.07. The topological polar surface area (TPSA) is 0 Å². The van der Waals surface area contributed by atoms with Crippen molar-refractivity contribution in [2.75, 3.05) is 24.6 Å². The van der Waals surface area contributed by atoms with Gasteiger partial charge in [0.2, 0.25) is 0 Å². The Morgan fingerprint density at radius 1 is 0.577 bits per heavy atom. The van der Waals surface area contributed by atoms with Gasteiger partial charge in [-0.25, -0.2) is 0 Å². The first-order valence-corrected chi connectivity index (χ1v) is 13.5. The summed E-state index contributed by atoms with van der Waals surface area (Å²) in [5.74, 6) is 1.85. The summed E-state index contributed by atoms with van der Waals surface area (Å²) in [6, 6.07) is 34.2. The van der Waals surface area contributed by atoms with Gasteiger partial charge >= 0.3 is 0 Å². The minimum Gasteiger partial charge on any atom is -0.0745 e. The van der Waals surface area contributed by atoms with Crippen LogP contribution >= 0.6 is 15.2 Å². The van der Waals surface area contributed by atoms with E-state index in [9.17, 15) is 0 Å². The first-order chi connectivity index (χ1) is 12.9. The molecular weight excluding hydrogens is 350 g/mol. The predicted molar refractivity (Wildman–Crippen MR) is 119 cm³/mol. The Bertz CT molecular complexity index is 805. The van der Waals surface area contributed by atoms with E-state index in [1.807, 2.05) is 0 Å². The molecule has 0 saturated carbocycles. The van der Waals surface area contributed by atoms with Gasteiger partial charge in [0.25, 0.3) is 0 Å². The van der Waals surface area contributed by atoms with E-state index < -0.39 is 7.26 Å². The minimum atomic E-state index is -1.24. The maximum Gasteiger partial charge on any atom is 0.0992 e. The number of hydrogen-bond acceptors (Lipinski definition) is 0. The maximum atomic E-state index is 2.40. The Morgan fingerprint density at radius 2 is 1.00 bits per heavy atom. The monoisotopic (exact) mass is 375 g/mol. The summed E-state index contributed by atoms with van der Waals surface area (Å²) in [6.07, 6.45) is 5.76. The van der Waals surface area contributed by atoms with Gasteiger partial charge < -0.3 is 0 Å². The first kappa shape index (κ1) is 16.7. The molecule has 0 aliphatic carbocycles. The smallest absolute Gasteiger partial charge is 0.0745 e. The molecule has 5 rings (SSSR count). The quantitative estimate of drug-likeness (QED) is 0.581. The van der Waals surface area contributed by atoms with Gasteiger partial charge in [0.1, 0.15) is 0 Å². The van der Waals surface area contributed by atoms with E-state index in [1.54, 1.807) is 15.9 Å². The molecule has 0 radical (unpaired) electrons.